The molecule has 0 saturated carbocycles. The van der Waals surface area contributed by atoms with Crippen LogP contribution in [0.5, 0.6) is 6.01 Å². The van der Waals surface area contributed by atoms with Crippen LogP contribution in [0.15, 0.2) is 30.6 Å². The molecule has 2 heterocycles. The summed E-state index contributed by atoms with van der Waals surface area (Å²) in [4.78, 5) is 11.1. The van der Waals surface area contributed by atoms with Gasteiger partial charge in [0.15, 0.2) is 0 Å². The standard InChI is InChI=1S/C9H9N3O/c1-13-9-11-6-4-8(12-9)7-3-2-5-10-7/h2-6,10H,1H3. The molecule has 0 unspecified atom stereocenters. The molecule has 0 amide bonds. The van der Waals surface area contributed by atoms with Gasteiger partial charge in [-0.2, -0.15) is 4.98 Å². The quantitative estimate of drug-likeness (QED) is 0.752. The fourth-order valence-corrected chi connectivity index (χ4v) is 1.08. The molecule has 0 aliphatic rings. The van der Waals surface area contributed by atoms with Crippen LogP contribution in [0.1, 0.15) is 0 Å². The summed E-state index contributed by atoms with van der Waals surface area (Å²) >= 11 is 0. The Balaban J connectivity index is 2.41. The fraction of sp³-hybridized carbons (Fsp3) is 0.111. The summed E-state index contributed by atoms with van der Waals surface area (Å²) in [5.41, 5.74) is 1.79. The molecule has 13 heavy (non-hydrogen) atoms. The number of H-pyrrole nitrogens is 1. The van der Waals surface area contributed by atoms with Gasteiger partial charge in [0.2, 0.25) is 0 Å². The van der Waals surface area contributed by atoms with Gasteiger partial charge in [0.25, 0.3) is 0 Å². The highest BCUT2D eigenvalue weighted by Gasteiger charge is 2.01. The first-order chi connectivity index (χ1) is 6.40. The van der Waals surface area contributed by atoms with Crippen molar-refractivity contribution in [1.29, 1.82) is 0 Å². The molecule has 1 N–H and O–H groups in total. The molecule has 0 fully saturated rings. The van der Waals surface area contributed by atoms with Gasteiger partial charge < -0.3 is 9.72 Å². The predicted octanol–water partition coefficient (Wildman–Crippen LogP) is 1.48. The van der Waals surface area contributed by atoms with Gasteiger partial charge in [-0.3, -0.25) is 0 Å². The highest BCUT2D eigenvalue weighted by molar-refractivity contribution is 5.53. The number of hydrogen-bond donors (Lipinski definition) is 1. The maximum absolute atomic E-state index is 4.92. The smallest absolute Gasteiger partial charge is 0.316 e. The lowest BCUT2D eigenvalue weighted by Gasteiger charge is -1.99. The Bertz CT molecular complexity index is 384. The molecule has 0 saturated heterocycles. The van der Waals surface area contributed by atoms with Crippen molar-refractivity contribution in [3.8, 4) is 17.4 Å². The van der Waals surface area contributed by atoms with Crippen molar-refractivity contribution in [3.05, 3.63) is 30.6 Å². The Hall–Kier alpha value is -1.84. The maximum atomic E-state index is 4.92. The Morgan fingerprint density at radius 2 is 2.31 bits per heavy atom. The van der Waals surface area contributed by atoms with Crippen LogP contribution in [0.25, 0.3) is 11.4 Å². The van der Waals surface area contributed by atoms with Gasteiger partial charge in [-0.05, 0) is 18.2 Å². The van der Waals surface area contributed by atoms with E-state index in [9.17, 15) is 0 Å². The van der Waals surface area contributed by atoms with E-state index in [4.69, 9.17) is 4.74 Å². The summed E-state index contributed by atoms with van der Waals surface area (Å²) in [6, 6.07) is 6.08. The van der Waals surface area contributed by atoms with E-state index in [1.165, 1.54) is 0 Å². The number of aromatic amines is 1. The minimum Gasteiger partial charge on any atom is -0.467 e. The monoisotopic (exact) mass is 175 g/mol. The minimum atomic E-state index is 0.382. The van der Waals surface area contributed by atoms with E-state index in [-0.39, 0.29) is 0 Å². The van der Waals surface area contributed by atoms with E-state index >= 15 is 0 Å². The molecule has 0 aliphatic carbocycles. The van der Waals surface area contributed by atoms with Crippen LogP contribution in [-0.4, -0.2) is 22.1 Å². The molecule has 0 atom stereocenters. The third-order valence-corrected chi connectivity index (χ3v) is 1.69. The van der Waals surface area contributed by atoms with Gasteiger partial charge in [-0.1, -0.05) is 0 Å². The van der Waals surface area contributed by atoms with Crippen molar-refractivity contribution in [2.75, 3.05) is 7.11 Å². The molecule has 2 rings (SSSR count). The van der Waals surface area contributed by atoms with E-state index in [0.717, 1.165) is 11.4 Å². The van der Waals surface area contributed by atoms with Crippen LogP contribution in [0, 0.1) is 0 Å². The van der Waals surface area contributed by atoms with Gasteiger partial charge >= 0.3 is 6.01 Å². The lowest BCUT2D eigenvalue weighted by atomic mass is 10.3. The zero-order valence-corrected chi connectivity index (χ0v) is 7.19. The normalized spacial score (nSPS) is 9.92. The molecule has 2 aromatic rings. The van der Waals surface area contributed by atoms with Crippen molar-refractivity contribution >= 4 is 0 Å². The Kier molecular flexibility index (Phi) is 1.96. The number of rotatable bonds is 2. The van der Waals surface area contributed by atoms with Crippen molar-refractivity contribution < 1.29 is 4.74 Å². The van der Waals surface area contributed by atoms with Crippen molar-refractivity contribution in [1.82, 2.24) is 15.0 Å². The molecule has 4 heteroatoms. The average Bonchev–Trinajstić information content (AvgIpc) is 2.71. The van der Waals surface area contributed by atoms with E-state index in [1.54, 1.807) is 13.3 Å². The first-order valence-corrected chi connectivity index (χ1v) is 3.91. The Morgan fingerprint density at radius 3 is 3.00 bits per heavy atom. The summed E-state index contributed by atoms with van der Waals surface area (Å²) in [5, 5.41) is 0. The molecule has 0 spiro atoms. The lowest BCUT2D eigenvalue weighted by molar-refractivity contribution is 0.380. The third kappa shape index (κ3) is 1.51. The lowest BCUT2D eigenvalue weighted by Crippen LogP contribution is -1.92. The second-order valence-electron chi connectivity index (χ2n) is 2.51. The first kappa shape index (κ1) is 7.79. The summed E-state index contributed by atoms with van der Waals surface area (Å²) in [7, 11) is 1.55. The number of ether oxygens (including phenoxy) is 1. The largest absolute Gasteiger partial charge is 0.467 e. The predicted molar refractivity (Wildman–Crippen MR) is 48.4 cm³/mol. The zero-order chi connectivity index (χ0) is 9.10. The van der Waals surface area contributed by atoms with Gasteiger partial charge in [0.05, 0.1) is 18.5 Å². The number of methoxy groups -OCH3 is 1. The molecule has 0 radical (unpaired) electrons. The van der Waals surface area contributed by atoms with Crippen LogP contribution in [0.3, 0.4) is 0 Å². The number of hydrogen-bond acceptors (Lipinski definition) is 3. The van der Waals surface area contributed by atoms with Crippen LogP contribution in [-0.2, 0) is 0 Å². The molecule has 2 aromatic heterocycles. The fourth-order valence-electron chi connectivity index (χ4n) is 1.08. The van der Waals surface area contributed by atoms with E-state index in [2.05, 4.69) is 15.0 Å². The second kappa shape index (κ2) is 3.26. The topological polar surface area (TPSA) is 50.8 Å². The zero-order valence-electron chi connectivity index (χ0n) is 7.19. The summed E-state index contributed by atoms with van der Waals surface area (Å²) in [6.45, 7) is 0. The summed E-state index contributed by atoms with van der Waals surface area (Å²) < 4.78 is 4.92. The van der Waals surface area contributed by atoms with Gasteiger partial charge in [-0.15, -0.1) is 0 Å². The van der Waals surface area contributed by atoms with Crippen molar-refractivity contribution in [2.45, 2.75) is 0 Å². The molecular formula is C9H9N3O. The summed E-state index contributed by atoms with van der Waals surface area (Å²) in [5.74, 6) is 0. The first-order valence-electron chi connectivity index (χ1n) is 3.91. The van der Waals surface area contributed by atoms with E-state index < -0.39 is 0 Å². The average molecular weight is 175 g/mol. The second-order valence-corrected chi connectivity index (χ2v) is 2.51. The Labute approximate surface area is 75.6 Å². The van der Waals surface area contributed by atoms with E-state index in [0.29, 0.717) is 6.01 Å². The van der Waals surface area contributed by atoms with Gasteiger partial charge in [-0.25, -0.2) is 4.98 Å². The van der Waals surface area contributed by atoms with Crippen molar-refractivity contribution in [3.63, 3.8) is 0 Å². The van der Waals surface area contributed by atoms with Crippen LogP contribution in [0.2, 0.25) is 0 Å². The van der Waals surface area contributed by atoms with Crippen LogP contribution >= 0.6 is 0 Å². The third-order valence-electron chi connectivity index (χ3n) is 1.69. The highest BCUT2D eigenvalue weighted by atomic mass is 16.5. The number of aromatic nitrogens is 3. The highest BCUT2D eigenvalue weighted by Crippen LogP contribution is 2.14. The summed E-state index contributed by atoms with van der Waals surface area (Å²) in [6.07, 6.45) is 3.52. The minimum absolute atomic E-state index is 0.382. The molecule has 4 nitrogen and oxygen atoms in total. The molecule has 0 bridgehead atoms. The van der Waals surface area contributed by atoms with Crippen LogP contribution < -0.4 is 4.74 Å². The van der Waals surface area contributed by atoms with Gasteiger partial charge in [0, 0.05) is 12.4 Å². The van der Waals surface area contributed by atoms with E-state index in [1.807, 2.05) is 24.4 Å². The van der Waals surface area contributed by atoms with Crippen LogP contribution in [0.4, 0.5) is 0 Å². The maximum Gasteiger partial charge on any atom is 0.316 e. The SMILES string of the molecule is COc1nccc(-c2ccc[nH]2)n1. The molecule has 0 aliphatic heterocycles. The number of nitrogens with one attached hydrogen (secondary N) is 1. The Morgan fingerprint density at radius 1 is 1.38 bits per heavy atom. The number of nitrogens with zero attached hydrogens (tertiary/aromatic N) is 2. The van der Waals surface area contributed by atoms with Gasteiger partial charge in [0.1, 0.15) is 0 Å². The molecule has 0 aromatic carbocycles. The van der Waals surface area contributed by atoms with Crippen molar-refractivity contribution in [2.24, 2.45) is 0 Å². The molecule has 66 valence electrons. The molecular weight excluding hydrogens is 166 g/mol.